The number of nitrogens with zero attached hydrogens (tertiary/aromatic N) is 1. The fraction of sp³-hybridized carbons (Fsp3) is 0.333. The van der Waals surface area contributed by atoms with Crippen molar-refractivity contribution in [2.45, 2.75) is 32.2 Å². The van der Waals surface area contributed by atoms with E-state index >= 15 is 0 Å². The van der Waals surface area contributed by atoms with Crippen molar-refractivity contribution < 1.29 is 9.59 Å². The van der Waals surface area contributed by atoms with Gasteiger partial charge in [-0.05, 0) is 42.7 Å². The van der Waals surface area contributed by atoms with Crippen LogP contribution in [0.25, 0.3) is 0 Å². The lowest BCUT2D eigenvalue weighted by Crippen LogP contribution is -2.47. The van der Waals surface area contributed by atoms with Gasteiger partial charge in [0.05, 0.1) is 5.75 Å². The highest BCUT2D eigenvalue weighted by molar-refractivity contribution is 7.99. The molecule has 0 bridgehead atoms. The highest BCUT2D eigenvalue weighted by Crippen LogP contribution is 2.24. The Hall–Kier alpha value is -1.69. The van der Waals surface area contributed by atoms with Gasteiger partial charge in [-0.25, -0.2) is 0 Å². The number of aryl methyl sites for hydroxylation is 1. The number of hydrogen-bond donors (Lipinski definition) is 1. The van der Waals surface area contributed by atoms with E-state index in [1.165, 1.54) is 22.9 Å². The summed E-state index contributed by atoms with van der Waals surface area (Å²) in [7, 11) is 1.56. The molecule has 2 amide bonds. The minimum Gasteiger partial charge on any atom is -0.357 e. The molecule has 4 nitrogen and oxygen atoms in total. The van der Waals surface area contributed by atoms with E-state index in [1.807, 2.05) is 12.1 Å². The van der Waals surface area contributed by atoms with Crippen LogP contribution in [0.2, 0.25) is 10.0 Å². The van der Waals surface area contributed by atoms with Crippen LogP contribution in [0.1, 0.15) is 23.6 Å². The van der Waals surface area contributed by atoms with E-state index in [4.69, 9.17) is 23.2 Å². The summed E-state index contributed by atoms with van der Waals surface area (Å²) in [5.74, 6) is 0.687. The smallest absolute Gasteiger partial charge is 0.242 e. The third kappa shape index (κ3) is 6.16. The Kier molecular flexibility index (Phi) is 8.67. The molecular formula is C21H24Cl2N2O2S. The van der Waals surface area contributed by atoms with Crippen molar-refractivity contribution in [2.24, 2.45) is 0 Å². The first-order chi connectivity index (χ1) is 13.3. The maximum atomic E-state index is 12.9. The average Bonchev–Trinajstić information content (AvgIpc) is 2.67. The number of benzene rings is 2. The van der Waals surface area contributed by atoms with Gasteiger partial charge in [0.25, 0.3) is 0 Å². The lowest BCUT2D eigenvalue weighted by atomic mass is 10.1. The number of likely N-dealkylation sites (N-methyl/N-ethyl adjacent to an activating group) is 1. The van der Waals surface area contributed by atoms with E-state index in [0.29, 0.717) is 10.0 Å². The van der Waals surface area contributed by atoms with Crippen LogP contribution in [0, 0.1) is 6.92 Å². The minimum absolute atomic E-state index is 0.110. The van der Waals surface area contributed by atoms with Gasteiger partial charge in [0.15, 0.2) is 0 Å². The molecule has 0 spiro atoms. The van der Waals surface area contributed by atoms with Crippen LogP contribution in [0.3, 0.4) is 0 Å². The number of carbonyl (C=O) groups is 2. The predicted molar refractivity (Wildman–Crippen MR) is 118 cm³/mol. The van der Waals surface area contributed by atoms with Crippen LogP contribution >= 0.6 is 35.0 Å². The van der Waals surface area contributed by atoms with Gasteiger partial charge in [0.2, 0.25) is 11.8 Å². The Morgan fingerprint density at radius 1 is 1.14 bits per heavy atom. The summed E-state index contributed by atoms with van der Waals surface area (Å²) in [4.78, 5) is 26.6. The maximum Gasteiger partial charge on any atom is 0.242 e. The quantitative estimate of drug-likeness (QED) is 0.649. The van der Waals surface area contributed by atoms with Crippen molar-refractivity contribution in [1.82, 2.24) is 10.2 Å². The second kappa shape index (κ2) is 10.7. The third-order valence-electron chi connectivity index (χ3n) is 4.51. The van der Waals surface area contributed by atoms with Crippen molar-refractivity contribution >= 4 is 46.8 Å². The number of thioether (sulfide) groups is 1. The molecule has 1 N–H and O–H groups in total. The number of nitrogens with one attached hydrogen (secondary N) is 1. The van der Waals surface area contributed by atoms with Gasteiger partial charge in [-0.15, -0.1) is 11.8 Å². The molecule has 0 aliphatic carbocycles. The number of hydrogen-bond acceptors (Lipinski definition) is 3. The average molecular weight is 439 g/mol. The molecule has 2 aromatic rings. The van der Waals surface area contributed by atoms with E-state index in [1.54, 1.807) is 37.1 Å². The molecule has 150 valence electrons. The number of amides is 2. The fourth-order valence-electron chi connectivity index (χ4n) is 2.73. The highest BCUT2D eigenvalue weighted by atomic mass is 35.5. The summed E-state index contributed by atoms with van der Waals surface area (Å²) in [6.07, 6.45) is 0. The summed E-state index contributed by atoms with van der Waals surface area (Å²) in [6, 6.07) is 12.6. The summed E-state index contributed by atoms with van der Waals surface area (Å²) in [6.45, 7) is 4.02. The Morgan fingerprint density at radius 2 is 1.86 bits per heavy atom. The summed E-state index contributed by atoms with van der Waals surface area (Å²) in [5.41, 5.74) is 3.15. The maximum absolute atomic E-state index is 12.9. The SMILES string of the molecule is CNC(=O)[C@H](C)N(Cc1ccc(Cl)cc1Cl)C(=O)CSCc1ccccc1C. The van der Waals surface area contributed by atoms with Gasteiger partial charge >= 0.3 is 0 Å². The van der Waals surface area contributed by atoms with Crippen molar-refractivity contribution in [2.75, 3.05) is 12.8 Å². The molecule has 2 aromatic carbocycles. The van der Waals surface area contributed by atoms with Gasteiger partial charge in [0, 0.05) is 29.4 Å². The Labute approximate surface area is 180 Å². The minimum atomic E-state index is -0.608. The van der Waals surface area contributed by atoms with Crippen LogP contribution in [0.5, 0.6) is 0 Å². The van der Waals surface area contributed by atoms with E-state index < -0.39 is 6.04 Å². The third-order valence-corrected chi connectivity index (χ3v) is 6.07. The molecular weight excluding hydrogens is 415 g/mol. The first-order valence-electron chi connectivity index (χ1n) is 8.90. The van der Waals surface area contributed by atoms with Crippen molar-refractivity contribution in [1.29, 1.82) is 0 Å². The van der Waals surface area contributed by atoms with E-state index in [9.17, 15) is 9.59 Å². The lowest BCUT2D eigenvalue weighted by Gasteiger charge is -2.28. The molecule has 0 saturated carbocycles. The fourth-order valence-corrected chi connectivity index (χ4v) is 4.18. The highest BCUT2D eigenvalue weighted by Gasteiger charge is 2.26. The zero-order valence-electron chi connectivity index (χ0n) is 16.2. The zero-order valence-corrected chi connectivity index (χ0v) is 18.5. The summed E-state index contributed by atoms with van der Waals surface area (Å²) >= 11 is 13.8. The number of halogens is 2. The molecule has 0 aromatic heterocycles. The Morgan fingerprint density at radius 3 is 2.50 bits per heavy atom. The molecule has 0 radical (unpaired) electrons. The zero-order chi connectivity index (χ0) is 20.7. The normalized spacial score (nSPS) is 11.8. The van der Waals surface area contributed by atoms with Crippen molar-refractivity contribution in [3.8, 4) is 0 Å². The Bertz CT molecular complexity index is 845. The summed E-state index contributed by atoms with van der Waals surface area (Å²) in [5, 5.41) is 3.61. The molecule has 1 atom stereocenters. The molecule has 28 heavy (non-hydrogen) atoms. The topological polar surface area (TPSA) is 49.4 Å². The molecule has 7 heteroatoms. The molecule has 0 unspecified atom stereocenters. The Balaban J connectivity index is 2.10. The van der Waals surface area contributed by atoms with Crippen LogP contribution in [-0.2, 0) is 21.9 Å². The van der Waals surface area contributed by atoms with Gasteiger partial charge in [-0.3, -0.25) is 9.59 Å². The molecule has 0 saturated heterocycles. The molecule has 2 rings (SSSR count). The van der Waals surface area contributed by atoms with Gasteiger partial charge in [-0.2, -0.15) is 0 Å². The standard InChI is InChI=1S/C21H24Cl2N2O2S/c1-14-6-4-5-7-17(14)12-28-13-20(26)25(15(2)21(27)24-3)11-16-8-9-18(22)10-19(16)23/h4-10,15H,11-13H2,1-3H3,(H,24,27)/t15-/m0/s1. The van der Waals surface area contributed by atoms with Gasteiger partial charge < -0.3 is 10.2 Å². The summed E-state index contributed by atoms with van der Waals surface area (Å²) < 4.78 is 0. The first kappa shape index (κ1) is 22.6. The van der Waals surface area contributed by atoms with Crippen LogP contribution in [0.4, 0.5) is 0 Å². The second-order valence-corrected chi connectivity index (χ2v) is 8.30. The molecule has 0 aliphatic rings. The molecule has 0 fully saturated rings. The van der Waals surface area contributed by atoms with E-state index in [0.717, 1.165) is 11.3 Å². The molecule has 0 heterocycles. The van der Waals surface area contributed by atoms with Crippen LogP contribution in [0.15, 0.2) is 42.5 Å². The largest absolute Gasteiger partial charge is 0.357 e. The van der Waals surface area contributed by atoms with Crippen molar-refractivity contribution in [3.05, 3.63) is 69.2 Å². The van der Waals surface area contributed by atoms with E-state index in [2.05, 4.69) is 24.4 Å². The van der Waals surface area contributed by atoms with Crippen LogP contribution in [-0.4, -0.2) is 35.6 Å². The van der Waals surface area contributed by atoms with Crippen molar-refractivity contribution in [3.63, 3.8) is 0 Å². The number of rotatable bonds is 8. The van der Waals surface area contributed by atoms with Crippen LogP contribution < -0.4 is 5.32 Å². The predicted octanol–water partition coefficient (Wildman–Crippen LogP) is 4.70. The van der Waals surface area contributed by atoms with E-state index in [-0.39, 0.29) is 24.1 Å². The first-order valence-corrected chi connectivity index (χ1v) is 10.8. The van der Waals surface area contributed by atoms with Gasteiger partial charge in [-0.1, -0.05) is 53.5 Å². The second-order valence-electron chi connectivity index (χ2n) is 6.47. The van der Waals surface area contributed by atoms with Gasteiger partial charge in [0.1, 0.15) is 6.04 Å². The number of carbonyl (C=O) groups excluding carboxylic acids is 2. The lowest BCUT2D eigenvalue weighted by molar-refractivity contribution is -0.138. The monoisotopic (exact) mass is 438 g/mol. The molecule has 0 aliphatic heterocycles.